The number of methoxy groups -OCH3 is 1. The summed E-state index contributed by atoms with van der Waals surface area (Å²) in [6.07, 6.45) is 3.58. The lowest BCUT2D eigenvalue weighted by atomic mass is 9.80. The molecule has 1 fully saturated rings. The molecule has 0 bridgehead atoms. The first-order valence-corrected chi connectivity index (χ1v) is 7.19. The maximum Gasteiger partial charge on any atom is 0.183 e. The number of rotatable bonds is 4. The number of thiazole rings is 1. The van der Waals surface area contributed by atoms with Crippen molar-refractivity contribution in [1.29, 1.82) is 0 Å². The van der Waals surface area contributed by atoms with Crippen LogP contribution in [0, 0.1) is 6.92 Å². The van der Waals surface area contributed by atoms with E-state index in [1.54, 1.807) is 11.3 Å². The van der Waals surface area contributed by atoms with Gasteiger partial charge >= 0.3 is 0 Å². The summed E-state index contributed by atoms with van der Waals surface area (Å²) in [6.45, 7) is 2.96. The fourth-order valence-electron chi connectivity index (χ4n) is 2.37. The molecule has 4 heteroatoms. The summed E-state index contributed by atoms with van der Waals surface area (Å²) in [5.41, 5.74) is 2.39. The molecule has 0 spiro atoms. The molecule has 1 saturated carbocycles. The summed E-state index contributed by atoms with van der Waals surface area (Å²) in [6, 6.07) is 6.41. The SMILES string of the molecule is COC1(CNc2nc3cc(C)ccc3s2)CCC1. The van der Waals surface area contributed by atoms with Gasteiger partial charge in [-0.25, -0.2) is 4.98 Å². The van der Waals surface area contributed by atoms with Crippen LogP contribution in [0.15, 0.2) is 18.2 Å². The Morgan fingerprint density at radius 1 is 1.44 bits per heavy atom. The molecule has 0 atom stereocenters. The van der Waals surface area contributed by atoms with E-state index in [1.165, 1.54) is 16.7 Å². The van der Waals surface area contributed by atoms with Gasteiger partial charge in [-0.1, -0.05) is 17.4 Å². The van der Waals surface area contributed by atoms with Crippen LogP contribution in [0.3, 0.4) is 0 Å². The second-order valence-electron chi connectivity index (χ2n) is 5.08. The Morgan fingerprint density at radius 3 is 2.94 bits per heavy atom. The van der Waals surface area contributed by atoms with Crippen LogP contribution in [0.5, 0.6) is 0 Å². The van der Waals surface area contributed by atoms with E-state index >= 15 is 0 Å². The quantitative estimate of drug-likeness (QED) is 0.914. The highest BCUT2D eigenvalue weighted by Gasteiger charge is 2.36. The lowest BCUT2D eigenvalue weighted by Crippen LogP contribution is -2.45. The summed E-state index contributed by atoms with van der Waals surface area (Å²) in [4.78, 5) is 4.62. The minimum Gasteiger partial charge on any atom is -0.376 e. The maximum absolute atomic E-state index is 5.60. The van der Waals surface area contributed by atoms with Gasteiger partial charge in [-0.3, -0.25) is 0 Å². The largest absolute Gasteiger partial charge is 0.376 e. The molecule has 1 aromatic carbocycles. The Bertz CT molecular complexity index is 554. The molecule has 3 nitrogen and oxygen atoms in total. The molecule has 2 aromatic rings. The number of aryl methyl sites for hydroxylation is 1. The zero-order chi connectivity index (χ0) is 12.6. The third-order valence-electron chi connectivity index (χ3n) is 3.80. The molecule has 1 aliphatic carbocycles. The fourth-order valence-corrected chi connectivity index (χ4v) is 3.22. The smallest absolute Gasteiger partial charge is 0.183 e. The summed E-state index contributed by atoms with van der Waals surface area (Å²) in [5, 5.41) is 4.43. The van der Waals surface area contributed by atoms with E-state index in [1.807, 2.05) is 7.11 Å². The van der Waals surface area contributed by atoms with Crippen molar-refractivity contribution in [3.8, 4) is 0 Å². The summed E-state index contributed by atoms with van der Waals surface area (Å²) in [7, 11) is 1.81. The minimum atomic E-state index is 0.0494. The summed E-state index contributed by atoms with van der Waals surface area (Å²) >= 11 is 1.71. The summed E-state index contributed by atoms with van der Waals surface area (Å²) < 4.78 is 6.84. The molecule has 96 valence electrons. The molecule has 3 rings (SSSR count). The van der Waals surface area contributed by atoms with E-state index in [2.05, 4.69) is 35.4 Å². The van der Waals surface area contributed by atoms with Gasteiger partial charge in [-0.05, 0) is 43.9 Å². The molecule has 0 radical (unpaired) electrons. The Morgan fingerprint density at radius 2 is 2.28 bits per heavy atom. The summed E-state index contributed by atoms with van der Waals surface area (Å²) in [5.74, 6) is 0. The Kier molecular flexibility index (Phi) is 2.99. The monoisotopic (exact) mass is 262 g/mol. The third-order valence-corrected chi connectivity index (χ3v) is 4.80. The first-order valence-electron chi connectivity index (χ1n) is 6.37. The highest BCUT2D eigenvalue weighted by atomic mass is 32.1. The number of fused-ring (bicyclic) bond motifs is 1. The molecular weight excluding hydrogens is 244 g/mol. The first kappa shape index (κ1) is 11.9. The number of ether oxygens (including phenoxy) is 1. The second kappa shape index (κ2) is 4.52. The van der Waals surface area contributed by atoms with Crippen LogP contribution in [0.25, 0.3) is 10.2 Å². The number of benzene rings is 1. The number of nitrogens with one attached hydrogen (secondary N) is 1. The van der Waals surface area contributed by atoms with Gasteiger partial charge in [0.05, 0.1) is 15.8 Å². The Hall–Kier alpha value is -1.13. The van der Waals surface area contributed by atoms with Gasteiger partial charge in [0.25, 0.3) is 0 Å². The molecule has 1 heterocycles. The molecule has 0 aliphatic heterocycles. The molecule has 1 aliphatic rings. The van der Waals surface area contributed by atoms with Gasteiger partial charge in [0.15, 0.2) is 5.13 Å². The van der Waals surface area contributed by atoms with Gasteiger partial charge in [0, 0.05) is 13.7 Å². The van der Waals surface area contributed by atoms with Crippen molar-refractivity contribution in [2.24, 2.45) is 0 Å². The lowest BCUT2D eigenvalue weighted by molar-refractivity contribution is -0.0601. The second-order valence-corrected chi connectivity index (χ2v) is 6.12. The maximum atomic E-state index is 5.60. The van der Waals surface area contributed by atoms with E-state index in [4.69, 9.17) is 4.74 Å². The van der Waals surface area contributed by atoms with Crippen molar-refractivity contribution in [3.63, 3.8) is 0 Å². The zero-order valence-electron chi connectivity index (χ0n) is 10.8. The molecule has 0 unspecified atom stereocenters. The molecule has 18 heavy (non-hydrogen) atoms. The molecule has 1 aromatic heterocycles. The third kappa shape index (κ3) is 2.10. The van der Waals surface area contributed by atoms with Crippen molar-refractivity contribution in [1.82, 2.24) is 4.98 Å². The van der Waals surface area contributed by atoms with E-state index in [-0.39, 0.29) is 5.60 Å². The highest BCUT2D eigenvalue weighted by molar-refractivity contribution is 7.22. The standard InChI is InChI=1S/C14H18N2OS/c1-10-4-5-12-11(8-10)16-13(18-12)15-9-14(17-2)6-3-7-14/h4-5,8H,3,6-7,9H2,1-2H3,(H,15,16). The van der Waals surface area contributed by atoms with Crippen LogP contribution < -0.4 is 5.32 Å². The molecular formula is C14H18N2OS. The van der Waals surface area contributed by atoms with Crippen molar-refractivity contribution in [2.45, 2.75) is 31.8 Å². The van der Waals surface area contributed by atoms with Crippen LogP contribution in [-0.4, -0.2) is 24.2 Å². The van der Waals surface area contributed by atoms with Crippen molar-refractivity contribution in [2.75, 3.05) is 19.0 Å². The van der Waals surface area contributed by atoms with Gasteiger partial charge in [0.1, 0.15) is 0 Å². The zero-order valence-corrected chi connectivity index (χ0v) is 11.6. The average Bonchev–Trinajstić information content (AvgIpc) is 2.70. The van der Waals surface area contributed by atoms with Gasteiger partial charge in [-0.2, -0.15) is 0 Å². The number of aromatic nitrogens is 1. The van der Waals surface area contributed by atoms with Crippen LogP contribution in [0.2, 0.25) is 0 Å². The number of anilines is 1. The van der Waals surface area contributed by atoms with Crippen LogP contribution >= 0.6 is 11.3 Å². The molecule has 0 saturated heterocycles. The van der Waals surface area contributed by atoms with Crippen LogP contribution in [0.1, 0.15) is 24.8 Å². The first-order chi connectivity index (χ1) is 8.71. The fraction of sp³-hybridized carbons (Fsp3) is 0.500. The predicted octanol–water partition coefficient (Wildman–Crippen LogP) is 3.59. The Labute approximate surface area is 111 Å². The van der Waals surface area contributed by atoms with Crippen molar-refractivity contribution in [3.05, 3.63) is 23.8 Å². The van der Waals surface area contributed by atoms with Crippen molar-refractivity contribution < 1.29 is 4.74 Å². The predicted molar refractivity (Wildman–Crippen MR) is 76.4 cm³/mol. The average molecular weight is 262 g/mol. The van der Waals surface area contributed by atoms with E-state index in [0.29, 0.717) is 0 Å². The normalized spacial score (nSPS) is 17.7. The topological polar surface area (TPSA) is 34.1 Å². The number of hydrogen-bond acceptors (Lipinski definition) is 4. The minimum absolute atomic E-state index is 0.0494. The van der Waals surface area contributed by atoms with Gasteiger partial charge in [-0.15, -0.1) is 0 Å². The molecule has 1 N–H and O–H groups in total. The van der Waals surface area contributed by atoms with E-state index in [9.17, 15) is 0 Å². The van der Waals surface area contributed by atoms with Crippen molar-refractivity contribution >= 4 is 26.7 Å². The van der Waals surface area contributed by atoms with Crippen LogP contribution in [0.4, 0.5) is 5.13 Å². The van der Waals surface area contributed by atoms with Gasteiger partial charge < -0.3 is 10.1 Å². The highest BCUT2D eigenvalue weighted by Crippen LogP contribution is 2.36. The number of hydrogen-bond donors (Lipinski definition) is 1. The van der Waals surface area contributed by atoms with E-state index in [0.717, 1.165) is 30.0 Å². The van der Waals surface area contributed by atoms with Gasteiger partial charge in [0.2, 0.25) is 0 Å². The molecule has 0 amide bonds. The lowest BCUT2D eigenvalue weighted by Gasteiger charge is -2.40. The number of nitrogens with zero attached hydrogens (tertiary/aromatic N) is 1. The van der Waals surface area contributed by atoms with E-state index < -0.39 is 0 Å². The Balaban J connectivity index is 1.74. The van der Waals surface area contributed by atoms with Crippen LogP contribution in [-0.2, 0) is 4.74 Å².